The number of rotatable bonds is 2. The highest BCUT2D eigenvalue weighted by molar-refractivity contribution is 7.14. The van der Waals surface area contributed by atoms with Crippen LogP contribution in [0.4, 0.5) is 14.3 Å². The third kappa shape index (κ3) is 4.03. The average Bonchev–Trinajstić information content (AvgIpc) is 2.75. The van der Waals surface area contributed by atoms with Crippen LogP contribution >= 0.6 is 11.3 Å². The highest BCUT2D eigenvalue weighted by Gasteiger charge is 2.14. The molecule has 0 aliphatic carbocycles. The number of aromatic nitrogens is 1. The maximum Gasteiger partial charge on any atom is 0.321 e. The molecule has 6 heteroatoms. The van der Waals surface area contributed by atoms with E-state index in [4.69, 9.17) is 0 Å². The van der Waals surface area contributed by atoms with E-state index < -0.39 is 0 Å². The largest absolute Gasteiger partial charge is 0.333 e. The lowest BCUT2D eigenvalue weighted by Gasteiger charge is -2.20. The van der Waals surface area contributed by atoms with Crippen LogP contribution in [0.15, 0.2) is 29.6 Å². The molecule has 2 aromatic rings. The van der Waals surface area contributed by atoms with Gasteiger partial charge < -0.3 is 5.32 Å². The molecular weight excluding hydrogens is 277 g/mol. The van der Waals surface area contributed by atoms with Crippen LogP contribution < -0.4 is 10.6 Å². The summed E-state index contributed by atoms with van der Waals surface area (Å²) in [6.45, 7) is 5.70. The molecule has 0 bridgehead atoms. The van der Waals surface area contributed by atoms with Crippen LogP contribution in [-0.2, 0) is 0 Å². The number of nitrogens with one attached hydrogen (secondary N) is 2. The quantitative estimate of drug-likeness (QED) is 0.883. The molecule has 1 heterocycles. The van der Waals surface area contributed by atoms with Crippen LogP contribution in [0, 0.1) is 5.82 Å². The molecule has 0 saturated carbocycles. The van der Waals surface area contributed by atoms with E-state index >= 15 is 0 Å². The third-order valence-corrected chi connectivity index (χ3v) is 3.11. The minimum atomic E-state index is -0.304. The maximum atomic E-state index is 12.9. The number of hydrogen-bond acceptors (Lipinski definition) is 3. The van der Waals surface area contributed by atoms with Gasteiger partial charge in [0.1, 0.15) is 5.82 Å². The highest BCUT2D eigenvalue weighted by atomic mass is 32.1. The van der Waals surface area contributed by atoms with Crippen LogP contribution in [0.5, 0.6) is 0 Å². The summed E-state index contributed by atoms with van der Waals surface area (Å²) < 4.78 is 12.9. The van der Waals surface area contributed by atoms with Crippen LogP contribution in [-0.4, -0.2) is 16.6 Å². The summed E-state index contributed by atoms with van der Waals surface area (Å²) in [6, 6.07) is 5.78. The monoisotopic (exact) mass is 293 g/mol. The molecule has 2 N–H and O–H groups in total. The lowest BCUT2D eigenvalue weighted by Crippen LogP contribution is -2.43. The zero-order valence-corrected chi connectivity index (χ0v) is 12.3. The SMILES string of the molecule is CC(C)(C)NC(=O)Nc1nc(-c2ccc(F)cc2)cs1. The van der Waals surface area contributed by atoms with Crippen molar-refractivity contribution in [3.63, 3.8) is 0 Å². The van der Waals surface area contributed by atoms with Crippen LogP contribution in [0.1, 0.15) is 20.8 Å². The van der Waals surface area contributed by atoms with E-state index in [1.54, 1.807) is 12.1 Å². The Labute approximate surface area is 121 Å². The van der Waals surface area contributed by atoms with Gasteiger partial charge in [0.2, 0.25) is 0 Å². The number of urea groups is 1. The lowest BCUT2D eigenvalue weighted by atomic mass is 10.1. The molecule has 0 aliphatic heterocycles. The van der Waals surface area contributed by atoms with Crippen molar-refractivity contribution in [1.29, 1.82) is 0 Å². The summed E-state index contributed by atoms with van der Waals surface area (Å²) in [5, 5.41) is 7.80. The predicted molar refractivity (Wildman–Crippen MR) is 79.4 cm³/mol. The molecule has 0 aliphatic rings. The fourth-order valence-electron chi connectivity index (χ4n) is 1.55. The van der Waals surface area contributed by atoms with Gasteiger partial charge in [-0.25, -0.2) is 14.2 Å². The number of halogens is 1. The molecular formula is C14H16FN3OS. The Morgan fingerprint density at radius 2 is 1.90 bits per heavy atom. The van der Waals surface area contributed by atoms with E-state index in [1.807, 2.05) is 26.2 Å². The molecule has 20 heavy (non-hydrogen) atoms. The van der Waals surface area contributed by atoms with Gasteiger partial charge in [0.15, 0.2) is 5.13 Å². The van der Waals surface area contributed by atoms with Crippen LogP contribution in [0.25, 0.3) is 11.3 Å². The molecule has 0 radical (unpaired) electrons. The molecule has 4 nitrogen and oxygen atoms in total. The van der Waals surface area contributed by atoms with Crippen LogP contribution in [0.3, 0.4) is 0 Å². The highest BCUT2D eigenvalue weighted by Crippen LogP contribution is 2.24. The maximum absolute atomic E-state index is 12.9. The van der Waals surface area contributed by atoms with Gasteiger partial charge in [-0.1, -0.05) is 0 Å². The van der Waals surface area contributed by atoms with E-state index in [0.29, 0.717) is 10.8 Å². The molecule has 0 spiro atoms. The second-order valence-electron chi connectivity index (χ2n) is 5.37. The van der Waals surface area contributed by atoms with Gasteiger partial charge in [0.25, 0.3) is 0 Å². The van der Waals surface area contributed by atoms with Crippen molar-refractivity contribution in [1.82, 2.24) is 10.3 Å². The van der Waals surface area contributed by atoms with Crippen molar-refractivity contribution in [3.05, 3.63) is 35.5 Å². The molecule has 106 valence electrons. The number of thiazole rings is 1. The number of carbonyl (C=O) groups excluding carboxylic acids is 1. The Kier molecular flexibility index (Phi) is 4.04. The van der Waals surface area contributed by atoms with E-state index in [-0.39, 0.29) is 17.4 Å². The number of anilines is 1. The minimum absolute atomic E-state index is 0.285. The summed E-state index contributed by atoms with van der Waals surface area (Å²) in [7, 11) is 0. The van der Waals surface area contributed by atoms with E-state index in [1.165, 1.54) is 23.5 Å². The second-order valence-corrected chi connectivity index (χ2v) is 6.23. The molecule has 0 fully saturated rings. The zero-order valence-electron chi connectivity index (χ0n) is 11.5. The lowest BCUT2D eigenvalue weighted by molar-refractivity contribution is 0.244. The Morgan fingerprint density at radius 1 is 1.25 bits per heavy atom. The normalized spacial score (nSPS) is 11.2. The first kappa shape index (κ1) is 14.5. The van der Waals surface area contributed by atoms with Crippen molar-refractivity contribution in [2.45, 2.75) is 26.3 Å². The third-order valence-electron chi connectivity index (χ3n) is 2.35. The fourth-order valence-corrected chi connectivity index (χ4v) is 2.27. The summed E-state index contributed by atoms with van der Waals surface area (Å²) in [5.74, 6) is -0.285. The molecule has 1 aromatic carbocycles. The molecule has 0 atom stereocenters. The predicted octanol–water partition coefficient (Wildman–Crippen LogP) is 3.87. The Morgan fingerprint density at radius 3 is 2.50 bits per heavy atom. The van der Waals surface area contributed by atoms with Crippen molar-refractivity contribution >= 4 is 22.5 Å². The van der Waals surface area contributed by atoms with Crippen molar-refractivity contribution < 1.29 is 9.18 Å². The van der Waals surface area contributed by atoms with E-state index in [9.17, 15) is 9.18 Å². The van der Waals surface area contributed by atoms with Crippen molar-refractivity contribution in [2.75, 3.05) is 5.32 Å². The van der Waals surface area contributed by atoms with Gasteiger partial charge in [-0.15, -0.1) is 11.3 Å². The fraction of sp³-hybridized carbons (Fsp3) is 0.286. The number of nitrogens with zero attached hydrogens (tertiary/aromatic N) is 1. The van der Waals surface area contributed by atoms with Gasteiger partial charge >= 0.3 is 6.03 Å². The summed E-state index contributed by atoms with van der Waals surface area (Å²) in [6.07, 6.45) is 0. The molecule has 1 aromatic heterocycles. The molecule has 0 unspecified atom stereocenters. The van der Waals surface area contributed by atoms with Gasteiger partial charge in [0, 0.05) is 16.5 Å². The topological polar surface area (TPSA) is 54.0 Å². The smallest absolute Gasteiger partial charge is 0.321 e. The summed E-state index contributed by atoms with van der Waals surface area (Å²) >= 11 is 1.33. The Bertz CT molecular complexity index is 602. The molecule has 2 amide bonds. The first-order valence-electron chi connectivity index (χ1n) is 6.14. The van der Waals surface area contributed by atoms with Crippen LogP contribution in [0.2, 0.25) is 0 Å². The summed E-state index contributed by atoms with van der Waals surface area (Å²) in [5.41, 5.74) is 1.22. The van der Waals surface area contributed by atoms with E-state index in [2.05, 4.69) is 15.6 Å². The number of carbonyl (C=O) groups is 1. The number of amides is 2. The van der Waals surface area contributed by atoms with Gasteiger partial charge in [-0.05, 0) is 45.0 Å². The van der Waals surface area contributed by atoms with Gasteiger partial charge in [-0.3, -0.25) is 5.32 Å². The first-order valence-corrected chi connectivity index (χ1v) is 7.02. The second kappa shape index (κ2) is 5.58. The molecule has 0 saturated heterocycles. The minimum Gasteiger partial charge on any atom is -0.333 e. The molecule has 2 rings (SSSR count). The summed E-state index contributed by atoms with van der Waals surface area (Å²) in [4.78, 5) is 16.0. The average molecular weight is 293 g/mol. The van der Waals surface area contributed by atoms with Gasteiger partial charge in [-0.2, -0.15) is 0 Å². The first-order chi connectivity index (χ1) is 9.33. The standard InChI is InChI=1S/C14H16FN3OS/c1-14(2,3)18-12(19)17-13-16-11(8-20-13)9-4-6-10(15)7-5-9/h4-8H,1-3H3,(H2,16,17,18,19). The Balaban J connectivity index is 2.06. The van der Waals surface area contributed by atoms with Crippen molar-refractivity contribution in [2.24, 2.45) is 0 Å². The Hall–Kier alpha value is -1.95. The number of hydrogen-bond donors (Lipinski definition) is 2. The van der Waals surface area contributed by atoms with E-state index in [0.717, 1.165) is 5.56 Å². The zero-order chi connectivity index (χ0) is 14.8. The van der Waals surface area contributed by atoms with Gasteiger partial charge in [0.05, 0.1) is 5.69 Å². The van der Waals surface area contributed by atoms with Crippen molar-refractivity contribution in [3.8, 4) is 11.3 Å². The number of benzene rings is 1.